The van der Waals surface area contributed by atoms with E-state index in [1.807, 2.05) is 6.07 Å². The van der Waals surface area contributed by atoms with Crippen molar-refractivity contribution in [3.05, 3.63) is 33.3 Å². The van der Waals surface area contributed by atoms with Crippen molar-refractivity contribution in [3.63, 3.8) is 0 Å². The summed E-state index contributed by atoms with van der Waals surface area (Å²) in [7, 11) is 0. The first-order valence-electron chi connectivity index (χ1n) is 6.93. The molecule has 0 radical (unpaired) electrons. The zero-order chi connectivity index (χ0) is 14.7. The molecule has 110 valence electrons. The van der Waals surface area contributed by atoms with E-state index in [1.165, 1.54) is 9.75 Å². The molecule has 4 nitrogen and oxygen atoms in total. The number of nitrogens with one attached hydrogen (secondary N) is 1. The lowest BCUT2D eigenvalue weighted by Crippen LogP contribution is -2.05. The second-order valence-corrected chi connectivity index (χ2v) is 6.99. The van der Waals surface area contributed by atoms with Crippen LogP contribution in [0.25, 0.3) is 10.2 Å². The molecule has 21 heavy (non-hydrogen) atoms. The molecule has 0 atom stereocenters. The first-order valence-corrected chi connectivity index (χ1v) is 8.63. The van der Waals surface area contributed by atoms with Gasteiger partial charge in [-0.2, -0.15) is 4.98 Å². The van der Waals surface area contributed by atoms with Gasteiger partial charge in [0.05, 0.1) is 5.39 Å². The topological polar surface area (TPSA) is 47.0 Å². The maximum absolute atomic E-state index is 5.92. The van der Waals surface area contributed by atoms with Crippen LogP contribution in [0, 0.1) is 6.92 Å². The number of ether oxygens (including phenoxy) is 1. The quantitative estimate of drug-likeness (QED) is 0.728. The van der Waals surface area contributed by atoms with Gasteiger partial charge in [-0.1, -0.05) is 13.0 Å². The summed E-state index contributed by atoms with van der Waals surface area (Å²) >= 11 is 3.36. The van der Waals surface area contributed by atoms with E-state index in [1.54, 1.807) is 22.7 Å². The molecule has 0 amide bonds. The van der Waals surface area contributed by atoms with Crippen molar-refractivity contribution < 1.29 is 4.74 Å². The monoisotopic (exact) mass is 319 g/mol. The van der Waals surface area contributed by atoms with Crippen LogP contribution in [0.4, 0.5) is 5.95 Å². The fraction of sp³-hybridized carbons (Fsp3) is 0.333. The van der Waals surface area contributed by atoms with Gasteiger partial charge in [-0.3, -0.25) is 0 Å². The van der Waals surface area contributed by atoms with Crippen LogP contribution in [0.15, 0.2) is 23.6 Å². The molecule has 6 heteroatoms. The van der Waals surface area contributed by atoms with Crippen molar-refractivity contribution in [2.75, 3.05) is 11.9 Å². The summed E-state index contributed by atoms with van der Waals surface area (Å²) in [5.41, 5.74) is 0. The summed E-state index contributed by atoms with van der Waals surface area (Å²) < 4.78 is 5.92. The molecule has 3 heterocycles. The minimum absolute atomic E-state index is 0.548. The van der Waals surface area contributed by atoms with Crippen LogP contribution in [0.5, 0.6) is 5.88 Å². The second-order valence-electron chi connectivity index (χ2n) is 4.72. The fourth-order valence-corrected chi connectivity index (χ4v) is 3.46. The molecule has 0 saturated heterocycles. The highest BCUT2D eigenvalue weighted by Crippen LogP contribution is 2.31. The third kappa shape index (κ3) is 3.33. The summed E-state index contributed by atoms with van der Waals surface area (Å²) in [6.45, 7) is 5.61. The number of anilines is 1. The molecule has 0 bridgehead atoms. The van der Waals surface area contributed by atoms with Crippen LogP contribution < -0.4 is 10.1 Å². The number of hydrogen-bond donors (Lipinski definition) is 1. The Morgan fingerprint density at radius 2 is 2.24 bits per heavy atom. The van der Waals surface area contributed by atoms with E-state index in [4.69, 9.17) is 4.74 Å². The lowest BCUT2D eigenvalue weighted by molar-refractivity contribution is 0.301. The third-order valence-electron chi connectivity index (χ3n) is 2.95. The molecule has 0 saturated carbocycles. The van der Waals surface area contributed by atoms with E-state index < -0.39 is 0 Å². The summed E-state index contributed by atoms with van der Waals surface area (Å²) in [6, 6.07) is 6.19. The molecular formula is C15H17N3OS2. The molecule has 3 rings (SSSR count). The Morgan fingerprint density at radius 1 is 1.33 bits per heavy atom. The van der Waals surface area contributed by atoms with Gasteiger partial charge in [-0.05, 0) is 30.9 Å². The van der Waals surface area contributed by atoms with Gasteiger partial charge >= 0.3 is 0 Å². The van der Waals surface area contributed by atoms with Crippen molar-refractivity contribution in [2.45, 2.75) is 26.9 Å². The first-order chi connectivity index (χ1) is 10.3. The van der Waals surface area contributed by atoms with Gasteiger partial charge in [0.15, 0.2) is 0 Å². The van der Waals surface area contributed by atoms with Gasteiger partial charge < -0.3 is 10.1 Å². The van der Waals surface area contributed by atoms with Gasteiger partial charge in [-0.15, -0.1) is 22.7 Å². The molecule has 1 N–H and O–H groups in total. The van der Waals surface area contributed by atoms with Crippen LogP contribution >= 0.6 is 22.7 Å². The van der Waals surface area contributed by atoms with Crippen LogP contribution in [-0.2, 0) is 6.61 Å². The lowest BCUT2D eigenvalue weighted by Gasteiger charge is -2.08. The summed E-state index contributed by atoms with van der Waals surface area (Å²) in [5, 5.41) is 6.29. The third-order valence-corrected chi connectivity index (χ3v) is 4.74. The van der Waals surface area contributed by atoms with E-state index in [0.29, 0.717) is 18.4 Å². The molecule has 0 aliphatic rings. The molecule has 0 spiro atoms. The number of hydrogen-bond acceptors (Lipinski definition) is 6. The molecule has 0 aliphatic carbocycles. The predicted octanol–water partition coefficient (Wildman–Crippen LogP) is 4.46. The van der Waals surface area contributed by atoms with Crippen molar-refractivity contribution in [1.29, 1.82) is 0 Å². The summed E-state index contributed by atoms with van der Waals surface area (Å²) in [5.74, 6) is 1.31. The highest BCUT2D eigenvalue weighted by molar-refractivity contribution is 7.18. The molecule has 0 unspecified atom stereocenters. The SMILES string of the molecule is CCCNc1nc(OCc2cccs2)c2cc(C)sc2n1. The fourth-order valence-electron chi connectivity index (χ4n) is 1.98. The molecule has 0 aliphatic heterocycles. The highest BCUT2D eigenvalue weighted by atomic mass is 32.1. The highest BCUT2D eigenvalue weighted by Gasteiger charge is 2.12. The summed E-state index contributed by atoms with van der Waals surface area (Å²) in [4.78, 5) is 12.5. The van der Waals surface area contributed by atoms with Crippen LogP contribution in [-0.4, -0.2) is 16.5 Å². The summed E-state index contributed by atoms with van der Waals surface area (Å²) in [6.07, 6.45) is 1.04. The van der Waals surface area contributed by atoms with Crippen LogP contribution in [0.3, 0.4) is 0 Å². The van der Waals surface area contributed by atoms with Gasteiger partial charge in [0, 0.05) is 16.3 Å². The zero-order valence-electron chi connectivity index (χ0n) is 12.0. The van der Waals surface area contributed by atoms with Crippen LogP contribution in [0.1, 0.15) is 23.1 Å². The van der Waals surface area contributed by atoms with Crippen molar-refractivity contribution in [3.8, 4) is 5.88 Å². The zero-order valence-corrected chi connectivity index (χ0v) is 13.7. The number of nitrogens with zero attached hydrogens (tertiary/aromatic N) is 2. The molecular weight excluding hydrogens is 302 g/mol. The van der Waals surface area contributed by atoms with Crippen molar-refractivity contribution in [1.82, 2.24) is 9.97 Å². The average molecular weight is 319 g/mol. The molecule has 3 aromatic rings. The Morgan fingerprint density at radius 3 is 3.00 bits per heavy atom. The maximum Gasteiger partial charge on any atom is 0.227 e. The van der Waals surface area contributed by atoms with Crippen molar-refractivity contribution in [2.24, 2.45) is 0 Å². The lowest BCUT2D eigenvalue weighted by atomic mass is 10.3. The first kappa shape index (κ1) is 14.3. The second kappa shape index (κ2) is 6.41. The average Bonchev–Trinajstić information content (AvgIpc) is 3.10. The number of thiophene rings is 2. The Balaban J connectivity index is 1.89. The Bertz CT molecular complexity index is 722. The Labute approximate surface area is 131 Å². The predicted molar refractivity (Wildman–Crippen MR) is 89.6 cm³/mol. The van der Waals surface area contributed by atoms with Gasteiger partial charge in [-0.25, -0.2) is 4.98 Å². The minimum Gasteiger partial charge on any atom is -0.471 e. The van der Waals surface area contributed by atoms with E-state index in [2.05, 4.69) is 46.6 Å². The van der Waals surface area contributed by atoms with Crippen LogP contribution in [0.2, 0.25) is 0 Å². The van der Waals surface area contributed by atoms with E-state index >= 15 is 0 Å². The van der Waals surface area contributed by atoms with Crippen molar-refractivity contribution >= 4 is 38.8 Å². The smallest absolute Gasteiger partial charge is 0.227 e. The Kier molecular flexibility index (Phi) is 4.36. The standard InChI is InChI=1S/C15H17N3OS2/c1-3-6-16-15-17-13(19-9-11-5-4-7-20-11)12-8-10(2)21-14(12)18-15/h4-5,7-8H,3,6,9H2,1-2H3,(H,16,17,18). The molecule has 0 aromatic carbocycles. The van der Waals surface area contributed by atoms with Gasteiger partial charge in [0.25, 0.3) is 0 Å². The number of aromatic nitrogens is 2. The van der Waals surface area contributed by atoms with E-state index in [9.17, 15) is 0 Å². The molecule has 3 aromatic heterocycles. The molecule has 0 fully saturated rings. The number of aryl methyl sites for hydroxylation is 1. The van der Waals surface area contributed by atoms with E-state index in [0.717, 1.165) is 23.2 Å². The van der Waals surface area contributed by atoms with Gasteiger partial charge in [0.2, 0.25) is 11.8 Å². The largest absolute Gasteiger partial charge is 0.471 e. The Hall–Kier alpha value is -1.66. The maximum atomic E-state index is 5.92. The van der Waals surface area contributed by atoms with Gasteiger partial charge in [0.1, 0.15) is 11.4 Å². The number of rotatable bonds is 6. The number of fused-ring (bicyclic) bond motifs is 1. The van der Waals surface area contributed by atoms with E-state index in [-0.39, 0.29) is 0 Å². The normalized spacial score (nSPS) is 11.0. The minimum atomic E-state index is 0.548.